The number of nitrogens with one attached hydrogen (secondary N) is 2. The minimum absolute atomic E-state index is 0.0492. The van der Waals surface area contributed by atoms with E-state index in [1.165, 1.54) is 29.2 Å². The quantitative estimate of drug-likeness (QED) is 0.484. The molecule has 0 aromatic heterocycles. The van der Waals surface area contributed by atoms with Gasteiger partial charge in [-0.25, -0.2) is 13.6 Å². The SMILES string of the molecule is NS(=O)(=O)c1ccc(NC(=O)c2ccc(CNC3=C(Cl)C(=O)N(C4CCCCC4)C3=O)cc2)cc1. The second-order valence-corrected chi connectivity index (χ2v) is 10.5. The van der Waals surface area contributed by atoms with Crippen LogP contribution in [-0.2, 0) is 26.2 Å². The van der Waals surface area contributed by atoms with E-state index in [9.17, 15) is 22.8 Å². The van der Waals surface area contributed by atoms with Crippen molar-refractivity contribution in [3.05, 3.63) is 70.4 Å². The summed E-state index contributed by atoms with van der Waals surface area (Å²) in [4.78, 5) is 39.2. The van der Waals surface area contributed by atoms with Gasteiger partial charge in [-0.3, -0.25) is 19.3 Å². The number of hydrogen-bond acceptors (Lipinski definition) is 6. The zero-order chi connectivity index (χ0) is 25.2. The molecule has 4 N–H and O–H groups in total. The highest BCUT2D eigenvalue weighted by atomic mass is 35.5. The minimum atomic E-state index is -3.81. The van der Waals surface area contributed by atoms with Crippen LogP contribution in [0.15, 0.2) is 64.2 Å². The van der Waals surface area contributed by atoms with Crippen molar-refractivity contribution < 1.29 is 22.8 Å². The molecule has 1 heterocycles. The summed E-state index contributed by atoms with van der Waals surface area (Å²) in [5.74, 6) is -1.22. The molecule has 184 valence electrons. The van der Waals surface area contributed by atoms with Gasteiger partial charge in [-0.15, -0.1) is 0 Å². The van der Waals surface area contributed by atoms with Crippen LogP contribution in [0.25, 0.3) is 0 Å². The number of sulfonamides is 1. The second-order valence-electron chi connectivity index (χ2n) is 8.54. The lowest BCUT2D eigenvalue weighted by Gasteiger charge is -2.29. The van der Waals surface area contributed by atoms with Crippen LogP contribution >= 0.6 is 11.6 Å². The minimum Gasteiger partial charge on any atom is -0.375 e. The van der Waals surface area contributed by atoms with E-state index in [0.717, 1.165) is 37.7 Å². The smallest absolute Gasteiger partial charge is 0.278 e. The van der Waals surface area contributed by atoms with Crippen LogP contribution in [0.3, 0.4) is 0 Å². The van der Waals surface area contributed by atoms with Crippen molar-refractivity contribution in [2.45, 2.75) is 49.6 Å². The monoisotopic (exact) mass is 516 g/mol. The molecule has 35 heavy (non-hydrogen) atoms. The molecule has 1 aliphatic heterocycles. The zero-order valence-corrected chi connectivity index (χ0v) is 20.4. The number of carbonyl (C=O) groups excluding carboxylic acids is 3. The van der Waals surface area contributed by atoms with Gasteiger partial charge in [0.05, 0.1) is 4.90 Å². The van der Waals surface area contributed by atoms with E-state index in [1.54, 1.807) is 24.3 Å². The number of hydrogen-bond donors (Lipinski definition) is 3. The number of primary sulfonamides is 1. The van der Waals surface area contributed by atoms with Crippen LogP contribution < -0.4 is 15.8 Å². The normalized spacial score (nSPS) is 17.1. The molecular formula is C24H25ClN4O5S. The molecular weight excluding hydrogens is 492 g/mol. The highest BCUT2D eigenvalue weighted by molar-refractivity contribution is 7.89. The Bertz CT molecular complexity index is 1280. The number of amides is 3. The molecule has 1 saturated carbocycles. The highest BCUT2D eigenvalue weighted by Gasteiger charge is 2.41. The number of anilines is 1. The molecule has 2 aliphatic rings. The summed E-state index contributed by atoms with van der Waals surface area (Å²) < 4.78 is 22.7. The van der Waals surface area contributed by atoms with Gasteiger partial charge in [-0.2, -0.15) is 0 Å². The predicted molar refractivity (Wildman–Crippen MR) is 131 cm³/mol. The summed E-state index contributed by atoms with van der Waals surface area (Å²) in [6, 6.07) is 12.1. The average Bonchev–Trinajstić information content (AvgIpc) is 3.06. The third kappa shape index (κ3) is 5.55. The van der Waals surface area contributed by atoms with Crippen molar-refractivity contribution in [1.82, 2.24) is 10.2 Å². The third-order valence-electron chi connectivity index (χ3n) is 6.12. The number of nitrogens with two attached hydrogens (primary N) is 1. The molecule has 3 amide bonds. The fraction of sp³-hybridized carbons (Fsp3) is 0.292. The number of carbonyl (C=O) groups is 3. The Balaban J connectivity index is 1.35. The van der Waals surface area contributed by atoms with Crippen LogP contribution in [0.5, 0.6) is 0 Å². The standard InChI is InChI=1S/C24H25ClN4O5S/c25-20-21(24(32)29(23(20)31)18-4-2-1-3-5-18)27-14-15-6-8-16(9-7-15)22(30)28-17-10-12-19(13-11-17)35(26,33)34/h6-13,18,27H,1-5,14H2,(H,28,30)(H2,26,33,34). The van der Waals surface area contributed by atoms with E-state index in [1.807, 2.05) is 0 Å². The largest absolute Gasteiger partial charge is 0.375 e. The van der Waals surface area contributed by atoms with Gasteiger partial charge in [0.25, 0.3) is 17.7 Å². The molecule has 0 atom stereocenters. The number of benzene rings is 2. The van der Waals surface area contributed by atoms with E-state index in [0.29, 0.717) is 11.3 Å². The first kappa shape index (κ1) is 24.9. The Labute approximate surface area is 208 Å². The lowest BCUT2D eigenvalue weighted by Crippen LogP contribution is -2.43. The molecule has 1 aliphatic carbocycles. The van der Waals surface area contributed by atoms with Crippen molar-refractivity contribution in [3.8, 4) is 0 Å². The lowest BCUT2D eigenvalue weighted by molar-refractivity contribution is -0.140. The van der Waals surface area contributed by atoms with Crippen molar-refractivity contribution in [2.24, 2.45) is 5.14 Å². The van der Waals surface area contributed by atoms with Gasteiger partial charge in [0, 0.05) is 23.8 Å². The van der Waals surface area contributed by atoms with Crippen LogP contribution in [0.4, 0.5) is 5.69 Å². The zero-order valence-electron chi connectivity index (χ0n) is 18.8. The van der Waals surface area contributed by atoms with Crippen molar-refractivity contribution in [3.63, 3.8) is 0 Å². The van der Waals surface area contributed by atoms with Crippen molar-refractivity contribution in [2.75, 3.05) is 5.32 Å². The van der Waals surface area contributed by atoms with Crippen LogP contribution in [0.2, 0.25) is 0 Å². The molecule has 0 unspecified atom stereocenters. The number of halogens is 1. The van der Waals surface area contributed by atoms with E-state index >= 15 is 0 Å². The predicted octanol–water partition coefficient (Wildman–Crippen LogP) is 2.83. The highest BCUT2D eigenvalue weighted by Crippen LogP contribution is 2.30. The van der Waals surface area contributed by atoms with Crippen LogP contribution in [-0.4, -0.2) is 37.1 Å². The summed E-state index contributed by atoms with van der Waals surface area (Å²) in [6.07, 6.45) is 4.69. The van der Waals surface area contributed by atoms with Crippen LogP contribution in [0.1, 0.15) is 48.0 Å². The van der Waals surface area contributed by atoms with Gasteiger partial charge in [0.15, 0.2) is 0 Å². The fourth-order valence-corrected chi connectivity index (χ4v) is 4.99. The van der Waals surface area contributed by atoms with Gasteiger partial charge in [0.1, 0.15) is 10.7 Å². The van der Waals surface area contributed by atoms with E-state index in [2.05, 4.69) is 10.6 Å². The van der Waals surface area contributed by atoms with E-state index < -0.39 is 21.8 Å². The van der Waals surface area contributed by atoms with Gasteiger partial charge in [-0.1, -0.05) is 43.0 Å². The maximum Gasteiger partial charge on any atom is 0.278 e. The molecule has 0 spiro atoms. The molecule has 0 bridgehead atoms. The van der Waals surface area contributed by atoms with Crippen molar-refractivity contribution >= 4 is 45.0 Å². The summed E-state index contributed by atoms with van der Waals surface area (Å²) in [6.45, 7) is 0.250. The average molecular weight is 517 g/mol. The van der Waals surface area contributed by atoms with Gasteiger partial charge in [0.2, 0.25) is 10.0 Å². The molecule has 0 radical (unpaired) electrons. The second kappa shape index (κ2) is 10.2. The number of nitrogens with zero attached hydrogens (tertiary/aromatic N) is 1. The molecule has 1 fully saturated rings. The Morgan fingerprint density at radius 2 is 1.60 bits per heavy atom. The van der Waals surface area contributed by atoms with Gasteiger partial charge >= 0.3 is 0 Å². The molecule has 9 nitrogen and oxygen atoms in total. The first-order chi connectivity index (χ1) is 16.6. The van der Waals surface area contributed by atoms with Crippen LogP contribution in [0, 0.1) is 0 Å². The van der Waals surface area contributed by atoms with Gasteiger partial charge in [-0.05, 0) is 54.8 Å². The maximum atomic E-state index is 12.8. The molecule has 0 saturated heterocycles. The Morgan fingerprint density at radius 1 is 0.971 bits per heavy atom. The lowest BCUT2D eigenvalue weighted by atomic mass is 9.94. The first-order valence-electron chi connectivity index (χ1n) is 11.2. The summed E-state index contributed by atoms with van der Waals surface area (Å²) in [5, 5.41) is 10.6. The maximum absolute atomic E-state index is 12.8. The topological polar surface area (TPSA) is 139 Å². The van der Waals surface area contributed by atoms with Gasteiger partial charge < -0.3 is 10.6 Å². The molecule has 2 aromatic rings. The van der Waals surface area contributed by atoms with Crippen molar-refractivity contribution in [1.29, 1.82) is 0 Å². The summed E-state index contributed by atoms with van der Waals surface area (Å²) in [7, 11) is -3.81. The third-order valence-corrected chi connectivity index (χ3v) is 7.40. The summed E-state index contributed by atoms with van der Waals surface area (Å²) >= 11 is 6.19. The molecule has 2 aromatic carbocycles. The van der Waals surface area contributed by atoms with E-state index in [4.69, 9.17) is 16.7 Å². The Hall–Kier alpha value is -3.21. The Kier molecular flexibility index (Phi) is 7.25. The number of rotatable bonds is 7. The fourth-order valence-electron chi connectivity index (χ4n) is 4.24. The summed E-state index contributed by atoms with van der Waals surface area (Å²) in [5.41, 5.74) is 1.69. The molecule has 11 heteroatoms. The van der Waals surface area contributed by atoms with E-state index in [-0.39, 0.29) is 34.1 Å². The first-order valence-corrected chi connectivity index (χ1v) is 13.1. The Morgan fingerprint density at radius 3 is 2.20 bits per heavy atom. The molecule has 4 rings (SSSR count). The number of imide groups is 1.